The number of rotatable bonds is 3. The molecule has 0 radical (unpaired) electrons. The van der Waals surface area contributed by atoms with Gasteiger partial charge in [-0.25, -0.2) is 13.2 Å². The SMILES string of the molecule is COc1c(F)cnc(C(F)F)c1C=O. The summed E-state index contributed by atoms with van der Waals surface area (Å²) in [5, 5.41) is 0. The van der Waals surface area contributed by atoms with Crippen molar-refractivity contribution >= 4 is 6.29 Å². The van der Waals surface area contributed by atoms with E-state index in [1.54, 1.807) is 0 Å². The molecule has 6 heteroatoms. The van der Waals surface area contributed by atoms with Crippen LogP contribution in [0, 0.1) is 5.82 Å². The molecule has 0 saturated carbocycles. The first-order valence-electron chi connectivity index (χ1n) is 3.57. The van der Waals surface area contributed by atoms with E-state index in [2.05, 4.69) is 9.72 Å². The largest absolute Gasteiger partial charge is 0.493 e. The molecular weight excluding hydrogens is 199 g/mol. The second kappa shape index (κ2) is 4.08. The first kappa shape index (κ1) is 10.5. The van der Waals surface area contributed by atoms with Crippen LogP contribution in [0.1, 0.15) is 22.5 Å². The average Bonchev–Trinajstić information content (AvgIpc) is 2.16. The molecule has 1 aromatic heterocycles. The lowest BCUT2D eigenvalue weighted by molar-refractivity contribution is 0.109. The fourth-order valence-corrected chi connectivity index (χ4v) is 0.995. The van der Waals surface area contributed by atoms with Crippen LogP contribution >= 0.6 is 0 Å². The smallest absolute Gasteiger partial charge is 0.281 e. The zero-order valence-corrected chi connectivity index (χ0v) is 7.13. The molecule has 0 spiro atoms. The maximum atomic E-state index is 12.9. The lowest BCUT2D eigenvalue weighted by atomic mass is 10.2. The highest BCUT2D eigenvalue weighted by Crippen LogP contribution is 2.28. The molecule has 14 heavy (non-hydrogen) atoms. The third-order valence-electron chi connectivity index (χ3n) is 1.58. The van der Waals surface area contributed by atoms with Crippen molar-refractivity contribution in [1.82, 2.24) is 4.98 Å². The number of nitrogens with zero attached hydrogens (tertiary/aromatic N) is 1. The second-order valence-electron chi connectivity index (χ2n) is 2.36. The lowest BCUT2D eigenvalue weighted by Crippen LogP contribution is -2.03. The van der Waals surface area contributed by atoms with E-state index in [9.17, 15) is 18.0 Å². The molecule has 1 aromatic rings. The summed E-state index contributed by atoms with van der Waals surface area (Å²) in [4.78, 5) is 13.6. The quantitative estimate of drug-likeness (QED) is 0.708. The number of pyridine rings is 1. The van der Waals surface area contributed by atoms with Gasteiger partial charge in [-0.3, -0.25) is 9.78 Å². The number of hydrogen-bond donors (Lipinski definition) is 0. The molecule has 0 bridgehead atoms. The molecule has 0 unspecified atom stereocenters. The minimum Gasteiger partial charge on any atom is -0.493 e. The summed E-state index contributed by atoms with van der Waals surface area (Å²) in [7, 11) is 1.08. The summed E-state index contributed by atoms with van der Waals surface area (Å²) in [5.41, 5.74) is -1.33. The molecule has 0 N–H and O–H groups in total. The van der Waals surface area contributed by atoms with Gasteiger partial charge in [0.05, 0.1) is 18.9 Å². The van der Waals surface area contributed by atoms with Gasteiger partial charge < -0.3 is 4.74 Å². The van der Waals surface area contributed by atoms with E-state index >= 15 is 0 Å². The molecule has 0 aliphatic carbocycles. The second-order valence-corrected chi connectivity index (χ2v) is 2.36. The van der Waals surface area contributed by atoms with Crippen molar-refractivity contribution in [2.75, 3.05) is 7.11 Å². The van der Waals surface area contributed by atoms with Crippen LogP contribution in [0.5, 0.6) is 5.75 Å². The van der Waals surface area contributed by atoms with Gasteiger partial charge in [-0.05, 0) is 0 Å². The number of alkyl halides is 2. The van der Waals surface area contributed by atoms with Crippen molar-refractivity contribution in [1.29, 1.82) is 0 Å². The van der Waals surface area contributed by atoms with Gasteiger partial charge in [-0.2, -0.15) is 0 Å². The van der Waals surface area contributed by atoms with Gasteiger partial charge in [0.15, 0.2) is 17.9 Å². The average molecular weight is 205 g/mol. The third kappa shape index (κ3) is 1.68. The Labute approximate surface area is 77.5 Å². The predicted octanol–water partition coefficient (Wildman–Crippen LogP) is 1.98. The molecule has 76 valence electrons. The summed E-state index contributed by atoms with van der Waals surface area (Å²) in [6.45, 7) is 0. The van der Waals surface area contributed by atoms with E-state index in [1.165, 1.54) is 0 Å². The fourth-order valence-electron chi connectivity index (χ4n) is 0.995. The Kier molecular flexibility index (Phi) is 3.06. The van der Waals surface area contributed by atoms with Crippen LogP contribution in [0.15, 0.2) is 6.20 Å². The summed E-state index contributed by atoms with van der Waals surface area (Å²) in [6.07, 6.45) is -2.26. The molecule has 0 atom stereocenters. The molecule has 0 amide bonds. The number of aromatic nitrogens is 1. The maximum absolute atomic E-state index is 12.9. The van der Waals surface area contributed by atoms with Crippen molar-refractivity contribution in [3.8, 4) is 5.75 Å². The van der Waals surface area contributed by atoms with Crippen LogP contribution in [-0.2, 0) is 0 Å². The molecule has 3 nitrogen and oxygen atoms in total. The monoisotopic (exact) mass is 205 g/mol. The number of halogens is 3. The van der Waals surface area contributed by atoms with E-state index in [1.807, 2.05) is 0 Å². The number of ether oxygens (including phenoxy) is 1. The van der Waals surface area contributed by atoms with Gasteiger partial charge in [-0.1, -0.05) is 0 Å². The molecule has 0 saturated heterocycles. The number of carbonyl (C=O) groups is 1. The van der Waals surface area contributed by atoms with Gasteiger partial charge in [0.1, 0.15) is 5.69 Å². The minimum atomic E-state index is -2.94. The van der Waals surface area contributed by atoms with E-state index in [4.69, 9.17) is 0 Å². The Morgan fingerprint density at radius 3 is 2.64 bits per heavy atom. The Balaban J connectivity index is 3.40. The van der Waals surface area contributed by atoms with E-state index in [0.29, 0.717) is 6.20 Å². The Morgan fingerprint density at radius 2 is 2.21 bits per heavy atom. The van der Waals surface area contributed by atoms with Crippen LogP contribution in [0.2, 0.25) is 0 Å². The van der Waals surface area contributed by atoms with E-state index in [0.717, 1.165) is 7.11 Å². The zero-order valence-electron chi connectivity index (χ0n) is 7.13. The minimum absolute atomic E-state index is 0.0937. The van der Waals surface area contributed by atoms with Gasteiger partial charge in [-0.15, -0.1) is 0 Å². The van der Waals surface area contributed by atoms with Crippen molar-refractivity contribution in [3.05, 3.63) is 23.3 Å². The van der Waals surface area contributed by atoms with Crippen LogP contribution in [0.3, 0.4) is 0 Å². The highest BCUT2D eigenvalue weighted by Gasteiger charge is 2.21. The van der Waals surface area contributed by atoms with E-state index in [-0.39, 0.29) is 6.29 Å². The Hall–Kier alpha value is -1.59. The molecule has 1 rings (SSSR count). The van der Waals surface area contributed by atoms with Crippen LogP contribution in [-0.4, -0.2) is 18.4 Å². The van der Waals surface area contributed by atoms with Crippen LogP contribution in [0.4, 0.5) is 13.2 Å². The standard InChI is InChI=1S/C8H6F3NO2/c1-14-7-4(3-13)6(8(10)11)12-2-5(7)9/h2-3,8H,1H3. The maximum Gasteiger partial charge on any atom is 0.281 e. The van der Waals surface area contributed by atoms with Crippen molar-refractivity contribution < 1.29 is 22.7 Å². The van der Waals surface area contributed by atoms with Crippen LogP contribution < -0.4 is 4.74 Å². The van der Waals surface area contributed by atoms with Gasteiger partial charge in [0, 0.05) is 0 Å². The number of carbonyl (C=O) groups excluding carboxylic acids is 1. The first-order valence-corrected chi connectivity index (χ1v) is 3.57. The molecule has 1 heterocycles. The lowest BCUT2D eigenvalue weighted by Gasteiger charge is -2.08. The van der Waals surface area contributed by atoms with Gasteiger partial charge >= 0.3 is 0 Å². The Bertz CT molecular complexity index is 355. The molecular formula is C8H6F3NO2. The van der Waals surface area contributed by atoms with Crippen molar-refractivity contribution in [2.24, 2.45) is 0 Å². The highest BCUT2D eigenvalue weighted by atomic mass is 19.3. The summed E-state index contributed by atoms with van der Waals surface area (Å²) in [6, 6.07) is 0. The normalized spacial score (nSPS) is 10.4. The highest BCUT2D eigenvalue weighted by molar-refractivity contribution is 5.81. The van der Waals surface area contributed by atoms with Crippen LogP contribution in [0.25, 0.3) is 0 Å². The fraction of sp³-hybridized carbons (Fsp3) is 0.250. The first-order chi connectivity index (χ1) is 6.61. The molecule has 0 aliphatic heterocycles. The van der Waals surface area contributed by atoms with Crippen molar-refractivity contribution in [2.45, 2.75) is 6.43 Å². The summed E-state index contributed by atoms with van der Waals surface area (Å²) in [5.74, 6) is -1.45. The Morgan fingerprint density at radius 1 is 1.57 bits per heavy atom. The zero-order chi connectivity index (χ0) is 10.7. The summed E-state index contributed by atoms with van der Waals surface area (Å²) < 4.78 is 41.9. The molecule has 0 aromatic carbocycles. The topological polar surface area (TPSA) is 39.2 Å². The molecule has 0 aliphatic rings. The number of aldehydes is 1. The predicted molar refractivity (Wildman–Crippen MR) is 41.1 cm³/mol. The van der Waals surface area contributed by atoms with E-state index < -0.39 is 29.2 Å². The number of methoxy groups -OCH3 is 1. The summed E-state index contributed by atoms with van der Waals surface area (Å²) >= 11 is 0. The van der Waals surface area contributed by atoms with Gasteiger partial charge in [0.25, 0.3) is 6.43 Å². The third-order valence-corrected chi connectivity index (χ3v) is 1.58. The number of hydrogen-bond acceptors (Lipinski definition) is 3. The van der Waals surface area contributed by atoms with Gasteiger partial charge in [0.2, 0.25) is 0 Å². The molecule has 0 fully saturated rings. The van der Waals surface area contributed by atoms with Crippen molar-refractivity contribution in [3.63, 3.8) is 0 Å².